The predicted molar refractivity (Wildman–Crippen MR) is 79.0 cm³/mol. The van der Waals surface area contributed by atoms with Gasteiger partial charge in [-0.05, 0) is 37.1 Å². The van der Waals surface area contributed by atoms with E-state index in [1.807, 2.05) is 25.1 Å². The number of hydrogen-bond acceptors (Lipinski definition) is 4. The summed E-state index contributed by atoms with van der Waals surface area (Å²) in [5, 5.41) is 3.90. The van der Waals surface area contributed by atoms with Gasteiger partial charge in [-0.15, -0.1) is 0 Å². The molecule has 0 fully saturated rings. The Labute approximate surface area is 121 Å². The minimum Gasteiger partial charge on any atom is -0.398 e. The van der Waals surface area contributed by atoms with Crippen molar-refractivity contribution in [3.8, 4) is 22.8 Å². The molecule has 4 nitrogen and oxygen atoms in total. The number of rotatable bonds is 2. The minimum absolute atomic E-state index is 0.297. The molecule has 0 aliphatic rings. The molecule has 0 amide bonds. The first-order valence-electron chi connectivity index (χ1n) is 6.52. The van der Waals surface area contributed by atoms with Gasteiger partial charge in [0.25, 0.3) is 5.89 Å². The van der Waals surface area contributed by atoms with E-state index in [0.717, 1.165) is 5.56 Å². The summed E-state index contributed by atoms with van der Waals surface area (Å²) in [5.74, 6) is 0.367. The zero-order valence-corrected chi connectivity index (χ0v) is 11.7. The van der Waals surface area contributed by atoms with Crippen LogP contribution in [-0.4, -0.2) is 10.1 Å². The molecule has 3 rings (SSSR count). The Hall–Kier alpha value is -2.69. The minimum atomic E-state index is -0.297. The highest BCUT2D eigenvalue weighted by Crippen LogP contribution is 2.29. The first-order chi connectivity index (χ1) is 10.1. The molecule has 1 heterocycles. The van der Waals surface area contributed by atoms with Gasteiger partial charge >= 0.3 is 0 Å². The molecule has 0 saturated heterocycles. The molecule has 106 valence electrons. The number of aryl methyl sites for hydroxylation is 2. The third-order valence-corrected chi connectivity index (χ3v) is 3.41. The smallest absolute Gasteiger partial charge is 0.260 e. The first kappa shape index (κ1) is 13.3. The SMILES string of the molecule is Cc1ccc(-c2noc(-c3cccc(C)c3N)n2)cc1F. The average molecular weight is 283 g/mol. The van der Waals surface area contributed by atoms with Gasteiger partial charge in [-0.3, -0.25) is 0 Å². The number of para-hydroxylation sites is 1. The van der Waals surface area contributed by atoms with Crippen LogP contribution in [0.2, 0.25) is 0 Å². The van der Waals surface area contributed by atoms with Crippen molar-refractivity contribution in [3.63, 3.8) is 0 Å². The summed E-state index contributed by atoms with van der Waals surface area (Å²) >= 11 is 0. The van der Waals surface area contributed by atoms with Gasteiger partial charge in [0.2, 0.25) is 5.82 Å². The molecule has 0 atom stereocenters. The van der Waals surface area contributed by atoms with Crippen molar-refractivity contribution in [3.05, 3.63) is 53.3 Å². The second-order valence-electron chi connectivity index (χ2n) is 4.92. The van der Waals surface area contributed by atoms with Crippen molar-refractivity contribution < 1.29 is 8.91 Å². The lowest BCUT2D eigenvalue weighted by molar-refractivity contribution is 0.432. The van der Waals surface area contributed by atoms with Crippen LogP contribution in [0.1, 0.15) is 11.1 Å². The summed E-state index contributed by atoms with van der Waals surface area (Å²) in [7, 11) is 0. The lowest BCUT2D eigenvalue weighted by atomic mass is 10.1. The summed E-state index contributed by atoms with van der Waals surface area (Å²) in [6.45, 7) is 3.61. The number of anilines is 1. The zero-order chi connectivity index (χ0) is 15.0. The molecule has 0 saturated carbocycles. The van der Waals surface area contributed by atoms with Gasteiger partial charge in [-0.2, -0.15) is 4.98 Å². The Morgan fingerprint density at radius 3 is 2.67 bits per heavy atom. The monoisotopic (exact) mass is 283 g/mol. The predicted octanol–water partition coefficient (Wildman–Crippen LogP) is 3.74. The van der Waals surface area contributed by atoms with Crippen LogP contribution in [0.5, 0.6) is 0 Å². The van der Waals surface area contributed by atoms with Crippen LogP contribution in [0.25, 0.3) is 22.8 Å². The number of halogens is 1. The van der Waals surface area contributed by atoms with Crippen LogP contribution in [-0.2, 0) is 0 Å². The van der Waals surface area contributed by atoms with Gasteiger partial charge in [0, 0.05) is 11.3 Å². The van der Waals surface area contributed by atoms with Gasteiger partial charge < -0.3 is 10.3 Å². The zero-order valence-electron chi connectivity index (χ0n) is 11.7. The van der Waals surface area contributed by atoms with Crippen LogP contribution >= 0.6 is 0 Å². The highest BCUT2D eigenvalue weighted by molar-refractivity contribution is 5.74. The lowest BCUT2D eigenvalue weighted by Gasteiger charge is -2.03. The fraction of sp³-hybridized carbons (Fsp3) is 0.125. The maximum atomic E-state index is 13.6. The number of nitrogens with zero attached hydrogens (tertiary/aromatic N) is 2. The summed E-state index contributed by atoms with van der Waals surface area (Å²) < 4.78 is 18.9. The Morgan fingerprint density at radius 2 is 1.90 bits per heavy atom. The van der Waals surface area contributed by atoms with Gasteiger partial charge in [0.15, 0.2) is 0 Å². The highest BCUT2D eigenvalue weighted by atomic mass is 19.1. The van der Waals surface area contributed by atoms with E-state index >= 15 is 0 Å². The number of benzene rings is 2. The molecule has 2 aromatic carbocycles. The summed E-state index contributed by atoms with van der Waals surface area (Å²) in [5.41, 5.74) is 9.38. The van der Waals surface area contributed by atoms with Crippen molar-refractivity contribution >= 4 is 5.69 Å². The lowest BCUT2D eigenvalue weighted by Crippen LogP contribution is -1.93. The molecule has 0 spiro atoms. The summed E-state index contributed by atoms with van der Waals surface area (Å²) in [4.78, 5) is 4.30. The standard InChI is InChI=1S/C16H14FN3O/c1-9-6-7-11(8-13(9)17)15-19-16(21-20-15)12-5-3-4-10(2)14(12)18/h3-8H,18H2,1-2H3. The van der Waals surface area contributed by atoms with Gasteiger partial charge in [0.1, 0.15) is 5.82 Å². The topological polar surface area (TPSA) is 64.9 Å². The quantitative estimate of drug-likeness (QED) is 0.727. The number of hydrogen-bond donors (Lipinski definition) is 1. The molecule has 0 radical (unpaired) electrons. The largest absolute Gasteiger partial charge is 0.398 e. The third kappa shape index (κ3) is 2.38. The maximum Gasteiger partial charge on any atom is 0.260 e. The van der Waals surface area contributed by atoms with Crippen molar-refractivity contribution in [2.45, 2.75) is 13.8 Å². The highest BCUT2D eigenvalue weighted by Gasteiger charge is 2.14. The molecule has 3 aromatic rings. The van der Waals surface area contributed by atoms with Gasteiger partial charge in [0.05, 0.1) is 5.56 Å². The van der Waals surface area contributed by atoms with E-state index in [4.69, 9.17) is 10.3 Å². The Kier molecular flexibility index (Phi) is 3.17. The molecule has 21 heavy (non-hydrogen) atoms. The van der Waals surface area contributed by atoms with E-state index in [2.05, 4.69) is 10.1 Å². The summed E-state index contributed by atoms with van der Waals surface area (Å²) in [6, 6.07) is 10.4. The van der Waals surface area contributed by atoms with Crippen LogP contribution in [0.3, 0.4) is 0 Å². The van der Waals surface area contributed by atoms with E-state index in [0.29, 0.717) is 34.1 Å². The van der Waals surface area contributed by atoms with Crippen LogP contribution in [0, 0.1) is 19.7 Å². The van der Waals surface area contributed by atoms with Crippen molar-refractivity contribution in [1.29, 1.82) is 0 Å². The Balaban J connectivity index is 2.03. The maximum absolute atomic E-state index is 13.6. The Morgan fingerprint density at radius 1 is 1.10 bits per heavy atom. The molecule has 2 N–H and O–H groups in total. The van der Waals surface area contributed by atoms with Crippen LogP contribution in [0.4, 0.5) is 10.1 Å². The summed E-state index contributed by atoms with van der Waals surface area (Å²) in [6.07, 6.45) is 0. The van der Waals surface area contributed by atoms with Gasteiger partial charge in [-0.1, -0.05) is 29.4 Å². The van der Waals surface area contributed by atoms with Crippen LogP contribution < -0.4 is 5.73 Å². The fourth-order valence-electron chi connectivity index (χ4n) is 2.05. The second kappa shape index (κ2) is 5.01. The van der Waals surface area contributed by atoms with Crippen molar-refractivity contribution in [2.75, 3.05) is 5.73 Å². The Bertz CT molecular complexity index is 811. The van der Waals surface area contributed by atoms with E-state index in [1.54, 1.807) is 19.1 Å². The number of nitrogen functional groups attached to an aromatic ring is 1. The van der Waals surface area contributed by atoms with E-state index < -0.39 is 0 Å². The normalized spacial score (nSPS) is 10.8. The average Bonchev–Trinajstić information content (AvgIpc) is 2.94. The molecule has 0 bridgehead atoms. The van der Waals surface area contributed by atoms with E-state index in [9.17, 15) is 4.39 Å². The van der Waals surface area contributed by atoms with E-state index in [-0.39, 0.29) is 5.82 Å². The molecular formula is C16H14FN3O. The molecule has 5 heteroatoms. The molecule has 1 aromatic heterocycles. The second-order valence-corrected chi connectivity index (χ2v) is 4.92. The molecule has 0 aliphatic heterocycles. The van der Waals surface area contributed by atoms with Crippen molar-refractivity contribution in [1.82, 2.24) is 10.1 Å². The van der Waals surface area contributed by atoms with Gasteiger partial charge in [-0.25, -0.2) is 4.39 Å². The van der Waals surface area contributed by atoms with Crippen LogP contribution in [0.15, 0.2) is 40.9 Å². The number of aromatic nitrogens is 2. The molecule has 0 aliphatic carbocycles. The van der Waals surface area contributed by atoms with Crippen molar-refractivity contribution in [2.24, 2.45) is 0 Å². The first-order valence-corrected chi connectivity index (χ1v) is 6.52. The number of nitrogens with two attached hydrogens (primary N) is 1. The molecular weight excluding hydrogens is 269 g/mol. The molecule has 0 unspecified atom stereocenters. The van der Waals surface area contributed by atoms with E-state index in [1.165, 1.54) is 6.07 Å². The fourth-order valence-corrected chi connectivity index (χ4v) is 2.05. The third-order valence-electron chi connectivity index (χ3n) is 3.41.